The fourth-order valence-electron chi connectivity index (χ4n) is 1.82. The normalized spacial score (nSPS) is 9.85. The molecule has 0 N–H and O–H groups in total. The Kier molecular flexibility index (Phi) is 4.06. The lowest BCUT2D eigenvalue weighted by atomic mass is 10.1. The summed E-state index contributed by atoms with van der Waals surface area (Å²) in [5.41, 5.74) is 0.893. The number of nitriles is 1. The van der Waals surface area contributed by atoms with Crippen molar-refractivity contribution in [1.29, 1.82) is 5.26 Å². The minimum Gasteiger partial charge on any atom is -0.337 e. The van der Waals surface area contributed by atoms with Crippen molar-refractivity contribution < 1.29 is 9.18 Å². The molecule has 2 aromatic rings. The number of halogens is 1. The van der Waals surface area contributed by atoms with Gasteiger partial charge in [0.05, 0.1) is 11.1 Å². The van der Waals surface area contributed by atoms with Crippen molar-refractivity contribution in [2.75, 3.05) is 7.05 Å². The van der Waals surface area contributed by atoms with Crippen molar-refractivity contribution in [3.8, 4) is 6.07 Å². The van der Waals surface area contributed by atoms with E-state index in [1.54, 1.807) is 25.2 Å². The van der Waals surface area contributed by atoms with E-state index in [-0.39, 0.29) is 29.4 Å². The van der Waals surface area contributed by atoms with E-state index in [9.17, 15) is 9.18 Å². The third-order valence-corrected chi connectivity index (χ3v) is 2.88. The zero-order chi connectivity index (χ0) is 14.5. The smallest absolute Gasteiger partial charge is 0.256 e. The largest absolute Gasteiger partial charge is 0.337 e. The van der Waals surface area contributed by atoms with Gasteiger partial charge in [0.15, 0.2) is 0 Å². The topological polar surface area (TPSA) is 57.0 Å². The van der Waals surface area contributed by atoms with Crippen LogP contribution in [0.25, 0.3) is 0 Å². The maximum atomic E-state index is 13.6. The highest BCUT2D eigenvalue weighted by molar-refractivity contribution is 5.96. The van der Waals surface area contributed by atoms with Crippen LogP contribution in [-0.2, 0) is 6.54 Å². The van der Waals surface area contributed by atoms with E-state index >= 15 is 0 Å². The highest BCUT2D eigenvalue weighted by Crippen LogP contribution is 2.13. The molecule has 0 fully saturated rings. The fraction of sp³-hybridized carbons (Fsp3) is 0.133. The lowest BCUT2D eigenvalue weighted by molar-refractivity contribution is 0.0783. The van der Waals surface area contributed by atoms with Crippen LogP contribution in [0.4, 0.5) is 4.39 Å². The lowest BCUT2D eigenvalue weighted by Crippen LogP contribution is -2.27. The van der Waals surface area contributed by atoms with Gasteiger partial charge in [-0.1, -0.05) is 18.2 Å². The Morgan fingerprint density at radius 2 is 2.15 bits per heavy atom. The van der Waals surface area contributed by atoms with Gasteiger partial charge in [0, 0.05) is 31.5 Å². The summed E-state index contributed by atoms with van der Waals surface area (Å²) in [5, 5.41) is 8.97. The van der Waals surface area contributed by atoms with Gasteiger partial charge in [-0.05, 0) is 12.1 Å². The van der Waals surface area contributed by atoms with Crippen LogP contribution in [0.5, 0.6) is 0 Å². The maximum absolute atomic E-state index is 13.6. The second-order valence-corrected chi connectivity index (χ2v) is 4.29. The Bertz CT molecular complexity index is 679. The highest BCUT2D eigenvalue weighted by atomic mass is 19.1. The van der Waals surface area contributed by atoms with Crippen molar-refractivity contribution in [1.82, 2.24) is 9.88 Å². The number of carbonyl (C=O) groups excluding carboxylic acids is 1. The Labute approximate surface area is 116 Å². The molecule has 100 valence electrons. The summed E-state index contributed by atoms with van der Waals surface area (Å²) >= 11 is 0. The molecule has 0 radical (unpaired) electrons. The molecule has 1 amide bonds. The van der Waals surface area contributed by atoms with Crippen LogP contribution in [-0.4, -0.2) is 22.8 Å². The molecular formula is C15H12FN3O. The van der Waals surface area contributed by atoms with Crippen LogP contribution in [0.2, 0.25) is 0 Å². The SMILES string of the molecule is CN(Cc1ccccc1F)C(=O)c1cnccc1C#N. The Morgan fingerprint density at radius 3 is 2.85 bits per heavy atom. The van der Waals surface area contributed by atoms with Gasteiger partial charge >= 0.3 is 0 Å². The molecule has 1 heterocycles. The monoisotopic (exact) mass is 269 g/mol. The van der Waals surface area contributed by atoms with Gasteiger partial charge in [-0.25, -0.2) is 4.39 Å². The van der Waals surface area contributed by atoms with Crippen molar-refractivity contribution in [2.24, 2.45) is 0 Å². The van der Waals surface area contributed by atoms with E-state index in [0.717, 1.165) is 0 Å². The minimum atomic E-state index is -0.363. The molecule has 4 nitrogen and oxygen atoms in total. The minimum absolute atomic E-state index is 0.130. The molecule has 0 saturated heterocycles. The van der Waals surface area contributed by atoms with Gasteiger partial charge in [-0.15, -0.1) is 0 Å². The fourth-order valence-corrected chi connectivity index (χ4v) is 1.82. The van der Waals surface area contributed by atoms with E-state index in [2.05, 4.69) is 4.98 Å². The number of amides is 1. The number of hydrogen-bond acceptors (Lipinski definition) is 3. The lowest BCUT2D eigenvalue weighted by Gasteiger charge is -2.18. The third kappa shape index (κ3) is 2.81. The first kappa shape index (κ1) is 13.7. The van der Waals surface area contributed by atoms with E-state index < -0.39 is 0 Å². The van der Waals surface area contributed by atoms with Gasteiger partial charge in [0.2, 0.25) is 0 Å². The molecule has 0 aliphatic rings. The van der Waals surface area contributed by atoms with Crippen molar-refractivity contribution >= 4 is 5.91 Å². The van der Waals surface area contributed by atoms with E-state index in [1.165, 1.54) is 29.4 Å². The van der Waals surface area contributed by atoms with Crippen molar-refractivity contribution in [3.05, 3.63) is 65.2 Å². The van der Waals surface area contributed by atoms with Crippen LogP contribution in [0, 0.1) is 17.1 Å². The summed E-state index contributed by atoms with van der Waals surface area (Å²) < 4.78 is 13.6. The molecule has 5 heteroatoms. The zero-order valence-corrected chi connectivity index (χ0v) is 10.9. The summed E-state index contributed by atoms with van der Waals surface area (Å²) in [7, 11) is 1.56. The van der Waals surface area contributed by atoms with Gasteiger partial charge in [0.1, 0.15) is 11.9 Å². The number of pyridine rings is 1. The van der Waals surface area contributed by atoms with Gasteiger partial charge in [-0.2, -0.15) is 5.26 Å². The summed E-state index contributed by atoms with van der Waals surface area (Å²) in [4.78, 5) is 17.5. The predicted octanol–water partition coefficient (Wildman–Crippen LogP) is 2.36. The molecule has 0 aliphatic carbocycles. The van der Waals surface area contributed by atoms with Crippen LogP contribution in [0.1, 0.15) is 21.5 Å². The number of carbonyl (C=O) groups is 1. The summed E-state index contributed by atoms with van der Waals surface area (Å²) in [5.74, 6) is -0.725. The molecule has 1 aromatic carbocycles. The second-order valence-electron chi connectivity index (χ2n) is 4.29. The molecule has 0 aliphatic heterocycles. The molecular weight excluding hydrogens is 257 g/mol. The van der Waals surface area contributed by atoms with Crippen LogP contribution >= 0.6 is 0 Å². The van der Waals surface area contributed by atoms with Gasteiger partial charge in [-0.3, -0.25) is 9.78 Å². The van der Waals surface area contributed by atoms with Gasteiger partial charge < -0.3 is 4.90 Å². The first-order chi connectivity index (χ1) is 9.63. The third-order valence-electron chi connectivity index (χ3n) is 2.88. The molecule has 20 heavy (non-hydrogen) atoms. The van der Waals surface area contributed by atoms with Crippen LogP contribution in [0.15, 0.2) is 42.7 Å². The number of rotatable bonds is 3. The average molecular weight is 269 g/mol. The van der Waals surface area contributed by atoms with Crippen molar-refractivity contribution in [2.45, 2.75) is 6.54 Å². The molecule has 0 unspecified atom stereocenters. The van der Waals surface area contributed by atoms with E-state index in [1.807, 2.05) is 6.07 Å². The molecule has 2 rings (SSSR count). The van der Waals surface area contributed by atoms with Crippen LogP contribution < -0.4 is 0 Å². The first-order valence-electron chi connectivity index (χ1n) is 5.96. The van der Waals surface area contributed by atoms with E-state index in [0.29, 0.717) is 5.56 Å². The summed E-state index contributed by atoms with van der Waals surface area (Å²) in [6.07, 6.45) is 2.80. The first-order valence-corrected chi connectivity index (χ1v) is 5.96. The zero-order valence-electron chi connectivity index (χ0n) is 10.9. The Morgan fingerprint density at radius 1 is 1.40 bits per heavy atom. The second kappa shape index (κ2) is 5.93. The maximum Gasteiger partial charge on any atom is 0.256 e. The molecule has 0 atom stereocenters. The molecule has 0 saturated carbocycles. The predicted molar refractivity (Wildman–Crippen MR) is 71.1 cm³/mol. The summed E-state index contributed by atoms with van der Waals surface area (Å²) in [6.45, 7) is 0.130. The van der Waals surface area contributed by atoms with E-state index in [4.69, 9.17) is 5.26 Å². The van der Waals surface area contributed by atoms with Crippen molar-refractivity contribution in [3.63, 3.8) is 0 Å². The quantitative estimate of drug-likeness (QED) is 0.859. The number of nitrogens with zero attached hydrogens (tertiary/aromatic N) is 3. The average Bonchev–Trinajstić information content (AvgIpc) is 2.48. The molecule has 0 spiro atoms. The van der Waals surface area contributed by atoms with Crippen LogP contribution in [0.3, 0.4) is 0 Å². The highest BCUT2D eigenvalue weighted by Gasteiger charge is 2.17. The summed E-state index contributed by atoms with van der Waals surface area (Å²) in [6, 6.07) is 9.69. The number of aromatic nitrogens is 1. The Balaban J connectivity index is 2.22. The molecule has 0 bridgehead atoms. The molecule has 1 aromatic heterocycles. The number of benzene rings is 1. The van der Waals surface area contributed by atoms with Gasteiger partial charge in [0.25, 0.3) is 5.91 Å². The number of hydrogen-bond donors (Lipinski definition) is 0. The standard InChI is InChI=1S/C15H12FN3O/c1-19(10-12-4-2-3-5-14(12)16)15(20)13-9-18-7-6-11(13)8-17/h2-7,9H,10H2,1H3. The Hall–Kier alpha value is -2.74.